The molecule has 0 aliphatic carbocycles. The van der Waals surface area contributed by atoms with E-state index in [0.717, 1.165) is 5.56 Å². The number of nitriles is 1. The van der Waals surface area contributed by atoms with Crippen LogP contribution in [0.5, 0.6) is 5.75 Å². The summed E-state index contributed by atoms with van der Waals surface area (Å²) in [7, 11) is 0. The van der Waals surface area contributed by atoms with Crippen LogP contribution in [-0.4, -0.2) is 16.2 Å². The van der Waals surface area contributed by atoms with Crippen molar-refractivity contribution >= 4 is 5.97 Å². The van der Waals surface area contributed by atoms with Crippen molar-refractivity contribution in [3.05, 3.63) is 28.8 Å². The molecule has 0 amide bonds. The molecule has 1 aromatic rings. The van der Waals surface area contributed by atoms with E-state index in [1.54, 1.807) is 6.07 Å². The predicted molar refractivity (Wildman–Crippen MR) is 49.2 cm³/mol. The van der Waals surface area contributed by atoms with Gasteiger partial charge in [0.2, 0.25) is 0 Å². The predicted octanol–water partition coefficient (Wildman–Crippen LogP) is 1.52. The molecule has 0 saturated heterocycles. The lowest BCUT2D eigenvalue weighted by molar-refractivity contribution is 0.0693. The summed E-state index contributed by atoms with van der Waals surface area (Å²) >= 11 is 0. The van der Waals surface area contributed by atoms with Gasteiger partial charge in [0.25, 0.3) is 0 Å². The Bertz CT molecular complexity index is 418. The third-order valence-electron chi connectivity index (χ3n) is 1.92. The third kappa shape index (κ3) is 1.67. The molecular weight excluding hydrogens is 182 g/mol. The second kappa shape index (κ2) is 3.79. The summed E-state index contributed by atoms with van der Waals surface area (Å²) in [6.07, 6.45) is 0.641. The molecule has 0 saturated carbocycles. The van der Waals surface area contributed by atoms with Gasteiger partial charge >= 0.3 is 5.97 Å². The number of hydrogen-bond donors (Lipinski definition) is 2. The van der Waals surface area contributed by atoms with Gasteiger partial charge in [0, 0.05) is 0 Å². The number of carboxylic acid groups (broad SMARTS) is 1. The summed E-state index contributed by atoms with van der Waals surface area (Å²) in [5.41, 5.74) is 0.406. The van der Waals surface area contributed by atoms with Gasteiger partial charge in [0.1, 0.15) is 17.4 Å². The van der Waals surface area contributed by atoms with Crippen molar-refractivity contribution in [2.45, 2.75) is 13.3 Å². The molecule has 0 heterocycles. The van der Waals surface area contributed by atoms with Gasteiger partial charge in [-0.3, -0.25) is 0 Å². The molecule has 0 atom stereocenters. The smallest absolute Gasteiger partial charge is 0.340 e. The molecule has 1 aromatic carbocycles. The molecule has 72 valence electrons. The van der Waals surface area contributed by atoms with Gasteiger partial charge in [-0.15, -0.1) is 0 Å². The number of carbonyl (C=O) groups is 1. The first-order valence-electron chi connectivity index (χ1n) is 4.09. The molecule has 0 spiro atoms. The monoisotopic (exact) mass is 191 g/mol. The van der Waals surface area contributed by atoms with E-state index in [4.69, 9.17) is 10.4 Å². The van der Waals surface area contributed by atoms with Crippen LogP contribution >= 0.6 is 0 Å². The highest BCUT2D eigenvalue weighted by atomic mass is 16.4. The number of carboxylic acids is 1. The van der Waals surface area contributed by atoms with Crippen LogP contribution in [0.4, 0.5) is 0 Å². The van der Waals surface area contributed by atoms with Gasteiger partial charge in [-0.05, 0) is 24.1 Å². The normalized spacial score (nSPS) is 9.43. The minimum atomic E-state index is -1.29. The second-order valence-corrected chi connectivity index (χ2v) is 2.81. The van der Waals surface area contributed by atoms with E-state index in [9.17, 15) is 9.90 Å². The topological polar surface area (TPSA) is 81.3 Å². The lowest BCUT2D eigenvalue weighted by Gasteiger charge is -2.04. The van der Waals surface area contributed by atoms with Crippen LogP contribution in [0.3, 0.4) is 0 Å². The van der Waals surface area contributed by atoms with Gasteiger partial charge in [-0.25, -0.2) is 4.79 Å². The molecule has 0 aliphatic rings. The molecule has 14 heavy (non-hydrogen) atoms. The Kier molecular flexibility index (Phi) is 2.73. The fourth-order valence-corrected chi connectivity index (χ4v) is 1.20. The average Bonchev–Trinajstić information content (AvgIpc) is 2.15. The number of aromatic carboxylic acids is 1. The Morgan fingerprint density at radius 1 is 1.57 bits per heavy atom. The summed E-state index contributed by atoms with van der Waals surface area (Å²) in [5.74, 6) is -1.64. The van der Waals surface area contributed by atoms with E-state index in [1.165, 1.54) is 12.1 Å². The standard InChI is InChI=1S/C10H9NO3/c1-2-6-3-7(5-11)9(10(13)14)8(12)4-6/h3-4,12H,2H2,1H3,(H,13,14). The highest BCUT2D eigenvalue weighted by molar-refractivity contribution is 5.93. The lowest BCUT2D eigenvalue weighted by atomic mass is 10.0. The van der Waals surface area contributed by atoms with Gasteiger partial charge in [-0.2, -0.15) is 5.26 Å². The first-order valence-corrected chi connectivity index (χ1v) is 4.09. The van der Waals surface area contributed by atoms with E-state index in [2.05, 4.69) is 0 Å². The van der Waals surface area contributed by atoms with Crippen LogP contribution in [0.25, 0.3) is 0 Å². The van der Waals surface area contributed by atoms with Crippen molar-refractivity contribution in [3.63, 3.8) is 0 Å². The van der Waals surface area contributed by atoms with Crippen molar-refractivity contribution in [2.24, 2.45) is 0 Å². The fourth-order valence-electron chi connectivity index (χ4n) is 1.20. The Morgan fingerprint density at radius 3 is 2.64 bits per heavy atom. The van der Waals surface area contributed by atoms with Crippen molar-refractivity contribution in [1.82, 2.24) is 0 Å². The van der Waals surface area contributed by atoms with E-state index >= 15 is 0 Å². The molecule has 0 unspecified atom stereocenters. The molecule has 1 rings (SSSR count). The van der Waals surface area contributed by atoms with Gasteiger partial charge in [-0.1, -0.05) is 6.92 Å². The zero-order valence-corrected chi connectivity index (χ0v) is 7.61. The Labute approximate surface area is 81.0 Å². The summed E-state index contributed by atoms with van der Waals surface area (Å²) < 4.78 is 0. The molecule has 0 fully saturated rings. The minimum Gasteiger partial charge on any atom is -0.507 e. The maximum absolute atomic E-state index is 10.7. The average molecular weight is 191 g/mol. The maximum atomic E-state index is 10.7. The SMILES string of the molecule is CCc1cc(O)c(C(=O)O)c(C#N)c1. The molecule has 0 radical (unpaired) electrons. The van der Waals surface area contributed by atoms with Crippen molar-refractivity contribution in [1.29, 1.82) is 5.26 Å². The number of rotatable bonds is 2. The van der Waals surface area contributed by atoms with E-state index in [-0.39, 0.29) is 16.9 Å². The van der Waals surface area contributed by atoms with Crippen molar-refractivity contribution in [2.75, 3.05) is 0 Å². The van der Waals surface area contributed by atoms with E-state index < -0.39 is 5.97 Å². The number of aryl methyl sites for hydroxylation is 1. The number of aromatic hydroxyl groups is 1. The quantitative estimate of drug-likeness (QED) is 0.742. The summed E-state index contributed by atoms with van der Waals surface area (Å²) in [6, 6.07) is 4.59. The Hall–Kier alpha value is -2.02. The first kappa shape index (κ1) is 10.1. The Morgan fingerprint density at radius 2 is 2.21 bits per heavy atom. The summed E-state index contributed by atoms with van der Waals surface area (Å²) in [4.78, 5) is 10.7. The molecule has 0 aromatic heterocycles. The molecular formula is C10H9NO3. The first-order chi connectivity index (χ1) is 6.60. The van der Waals surface area contributed by atoms with Crippen LogP contribution in [-0.2, 0) is 6.42 Å². The van der Waals surface area contributed by atoms with E-state index in [0.29, 0.717) is 6.42 Å². The van der Waals surface area contributed by atoms with Gasteiger partial charge in [0.15, 0.2) is 0 Å². The zero-order chi connectivity index (χ0) is 10.7. The van der Waals surface area contributed by atoms with Gasteiger partial charge in [0.05, 0.1) is 5.56 Å². The third-order valence-corrected chi connectivity index (χ3v) is 1.92. The van der Waals surface area contributed by atoms with Crippen molar-refractivity contribution < 1.29 is 15.0 Å². The lowest BCUT2D eigenvalue weighted by Crippen LogP contribution is -2.01. The molecule has 4 nitrogen and oxygen atoms in total. The van der Waals surface area contributed by atoms with Crippen LogP contribution in [0.2, 0.25) is 0 Å². The summed E-state index contributed by atoms with van der Waals surface area (Å²) in [6.45, 7) is 1.86. The van der Waals surface area contributed by atoms with Crippen LogP contribution in [0.1, 0.15) is 28.4 Å². The minimum absolute atomic E-state index is 0.00523. The highest BCUT2D eigenvalue weighted by Gasteiger charge is 2.16. The number of hydrogen-bond acceptors (Lipinski definition) is 3. The van der Waals surface area contributed by atoms with Crippen LogP contribution < -0.4 is 0 Å². The van der Waals surface area contributed by atoms with Crippen molar-refractivity contribution in [3.8, 4) is 11.8 Å². The van der Waals surface area contributed by atoms with Crippen LogP contribution in [0, 0.1) is 11.3 Å². The largest absolute Gasteiger partial charge is 0.507 e. The molecule has 0 aliphatic heterocycles. The summed E-state index contributed by atoms with van der Waals surface area (Å²) in [5, 5.41) is 26.8. The fraction of sp³-hybridized carbons (Fsp3) is 0.200. The Balaban J connectivity index is 3.44. The highest BCUT2D eigenvalue weighted by Crippen LogP contribution is 2.23. The van der Waals surface area contributed by atoms with Crippen LogP contribution in [0.15, 0.2) is 12.1 Å². The zero-order valence-electron chi connectivity index (χ0n) is 7.61. The van der Waals surface area contributed by atoms with Gasteiger partial charge < -0.3 is 10.2 Å². The second-order valence-electron chi connectivity index (χ2n) is 2.81. The molecule has 4 heteroatoms. The number of benzene rings is 1. The maximum Gasteiger partial charge on any atom is 0.340 e. The molecule has 0 bridgehead atoms. The number of nitrogens with zero attached hydrogens (tertiary/aromatic N) is 1. The van der Waals surface area contributed by atoms with E-state index in [1.807, 2.05) is 6.92 Å². The number of phenols is 1. The molecule has 2 N–H and O–H groups in total.